The van der Waals surface area contributed by atoms with E-state index in [9.17, 15) is 0 Å². The molecule has 0 amide bonds. The van der Waals surface area contributed by atoms with Crippen molar-refractivity contribution in [1.29, 1.82) is 0 Å². The highest BCUT2D eigenvalue weighted by Gasteiger charge is 2.18. The summed E-state index contributed by atoms with van der Waals surface area (Å²) in [6.07, 6.45) is 0. The van der Waals surface area contributed by atoms with E-state index in [0.29, 0.717) is 5.56 Å². The van der Waals surface area contributed by atoms with Crippen molar-refractivity contribution in [2.45, 2.75) is 0 Å². The zero-order valence-electron chi connectivity index (χ0n) is 28.6. The Hall–Kier alpha value is -5.72. The largest absolute Gasteiger partial charge is 0.0629 e. The van der Waals surface area contributed by atoms with Gasteiger partial charge in [-0.25, -0.2) is 0 Å². The van der Waals surface area contributed by atoms with Gasteiger partial charge in [0.15, 0.2) is 0 Å². The Balaban J connectivity index is 1.32. The maximum Gasteiger partial charge on any atom is 0.0629 e. The van der Waals surface area contributed by atoms with Crippen molar-refractivity contribution in [2.24, 2.45) is 0 Å². The lowest BCUT2D eigenvalue weighted by Gasteiger charge is -2.19. The molecule has 0 heterocycles. The Morgan fingerprint density at radius 1 is 0.318 bits per heavy atom. The van der Waals surface area contributed by atoms with E-state index in [4.69, 9.17) is 6.85 Å². The molecular weight excluding hydrogens is 528 g/mol. The minimum absolute atomic E-state index is 0.202. The van der Waals surface area contributed by atoms with E-state index >= 15 is 0 Å². The first-order valence-electron chi connectivity index (χ1n) is 17.4. The highest BCUT2D eigenvalue weighted by atomic mass is 14.2. The molecule has 0 aliphatic carbocycles. The summed E-state index contributed by atoms with van der Waals surface area (Å²) in [5, 5.41) is 14.1. The SMILES string of the molecule is [2H]c1c([2H])c([2H])c(-c2ccc(-c3ccc4ccc5cccc6ccc3c4c56)cc2-c2ccc3ccc4cccc5ccc2c3c45)c([2H])c1[2H]. The minimum atomic E-state index is -0.395. The summed E-state index contributed by atoms with van der Waals surface area (Å²) in [6.45, 7) is 0. The molecule has 0 radical (unpaired) electrons. The molecule has 10 rings (SSSR count). The molecule has 0 atom stereocenters. The van der Waals surface area contributed by atoms with Gasteiger partial charge in [0.2, 0.25) is 0 Å². The molecule has 0 nitrogen and oxygen atoms in total. The van der Waals surface area contributed by atoms with Gasteiger partial charge in [-0.2, -0.15) is 0 Å². The Morgan fingerprint density at radius 2 is 0.773 bits per heavy atom. The minimum Gasteiger partial charge on any atom is -0.0622 e. The Bertz CT molecular complexity index is 2930. The molecule has 10 aromatic carbocycles. The van der Waals surface area contributed by atoms with Crippen LogP contribution in [0.4, 0.5) is 0 Å². The smallest absolute Gasteiger partial charge is 0.0622 e. The Labute approximate surface area is 262 Å². The molecule has 0 N–H and O–H groups in total. The number of benzene rings is 10. The fraction of sp³-hybridized carbons (Fsp3) is 0. The van der Waals surface area contributed by atoms with E-state index < -0.39 is 6.04 Å². The molecule has 202 valence electrons. The highest BCUT2D eigenvalue weighted by Crippen LogP contribution is 2.45. The second kappa shape index (κ2) is 8.89. The van der Waals surface area contributed by atoms with Crippen molar-refractivity contribution in [1.82, 2.24) is 0 Å². The average Bonchev–Trinajstić information content (AvgIpc) is 3.14. The first-order chi connectivity index (χ1) is 23.9. The second-order valence-electron chi connectivity index (χ2n) is 11.7. The van der Waals surface area contributed by atoms with Gasteiger partial charge in [0.1, 0.15) is 0 Å². The van der Waals surface area contributed by atoms with Crippen molar-refractivity contribution in [3.63, 3.8) is 0 Å². The summed E-state index contributed by atoms with van der Waals surface area (Å²) in [5.41, 5.74) is 4.65. The van der Waals surface area contributed by atoms with E-state index in [1.54, 1.807) is 0 Å². The van der Waals surface area contributed by atoms with Crippen LogP contribution >= 0.6 is 0 Å². The van der Waals surface area contributed by atoms with Gasteiger partial charge < -0.3 is 0 Å². The van der Waals surface area contributed by atoms with E-state index in [1.807, 2.05) is 12.1 Å². The summed E-state index contributed by atoms with van der Waals surface area (Å²) in [6, 6.07) is 43.4. The third kappa shape index (κ3) is 3.28. The fourth-order valence-corrected chi connectivity index (χ4v) is 7.49. The summed E-state index contributed by atoms with van der Waals surface area (Å²) in [7, 11) is 0. The van der Waals surface area contributed by atoms with Gasteiger partial charge in [0, 0.05) is 0 Å². The molecule has 0 heteroatoms. The Morgan fingerprint density at radius 3 is 1.36 bits per heavy atom. The fourth-order valence-electron chi connectivity index (χ4n) is 7.49. The van der Waals surface area contributed by atoms with Gasteiger partial charge in [-0.1, -0.05) is 152 Å². The summed E-state index contributed by atoms with van der Waals surface area (Å²) >= 11 is 0. The predicted octanol–water partition coefficient (Wildman–Crippen LogP) is 12.5. The third-order valence-corrected chi connectivity index (χ3v) is 9.45. The topological polar surface area (TPSA) is 0 Å². The van der Waals surface area contributed by atoms with Gasteiger partial charge in [0.05, 0.1) is 6.85 Å². The Kier molecular flexibility index (Phi) is 3.93. The summed E-state index contributed by atoms with van der Waals surface area (Å²) in [4.78, 5) is 0. The van der Waals surface area contributed by atoms with Crippen LogP contribution in [0.15, 0.2) is 158 Å². The molecule has 10 aromatic rings. The maximum atomic E-state index is 8.94. The van der Waals surface area contributed by atoms with Crippen LogP contribution in [0, 0.1) is 0 Å². The zero-order chi connectivity index (χ0) is 33.1. The van der Waals surface area contributed by atoms with Crippen molar-refractivity contribution in [3.8, 4) is 33.4 Å². The quantitative estimate of drug-likeness (QED) is 0.189. The second-order valence-corrected chi connectivity index (χ2v) is 11.7. The first-order valence-corrected chi connectivity index (χ1v) is 14.9. The number of hydrogen-bond donors (Lipinski definition) is 0. The first kappa shape index (κ1) is 19.5. The van der Waals surface area contributed by atoms with Gasteiger partial charge in [-0.3, -0.25) is 0 Å². The van der Waals surface area contributed by atoms with E-state index in [2.05, 4.69) is 115 Å². The molecule has 0 spiro atoms. The predicted molar refractivity (Wildman–Crippen MR) is 190 cm³/mol. The van der Waals surface area contributed by atoms with E-state index in [0.717, 1.165) is 43.8 Å². The molecule has 0 bridgehead atoms. The molecule has 0 fully saturated rings. The maximum absolute atomic E-state index is 8.94. The monoisotopic (exact) mass is 559 g/mol. The molecular formula is C44H26. The molecule has 0 aromatic heterocycles. The molecule has 44 heavy (non-hydrogen) atoms. The van der Waals surface area contributed by atoms with Crippen molar-refractivity contribution in [3.05, 3.63) is 158 Å². The lowest BCUT2D eigenvalue weighted by Crippen LogP contribution is -1.92. The summed E-state index contributed by atoms with van der Waals surface area (Å²) < 4.78 is 43.1. The number of rotatable bonds is 3. The van der Waals surface area contributed by atoms with Crippen LogP contribution < -0.4 is 0 Å². The third-order valence-electron chi connectivity index (χ3n) is 9.45. The van der Waals surface area contributed by atoms with Crippen LogP contribution in [0.5, 0.6) is 0 Å². The van der Waals surface area contributed by atoms with Gasteiger partial charge in [0.25, 0.3) is 0 Å². The molecule has 0 saturated carbocycles. The van der Waals surface area contributed by atoms with Crippen LogP contribution in [0.2, 0.25) is 0 Å². The van der Waals surface area contributed by atoms with Gasteiger partial charge >= 0.3 is 0 Å². The molecule has 0 aliphatic heterocycles. The normalized spacial score (nSPS) is 13.7. The van der Waals surface area contributed by atoms with Gasteiger partial charge in [-0.05, 0) is 104 Å². The highest BCUT2D eigenvalue weighted by molar-refractivity contribution is 6.27. The summed E-state index contributed by atoms with van der Waals surface area (Å²) in [5.74, 6) is 0. The molecule has 0 saturated heterocycles. The lowest BCUT2D eigenvalue weighted by atomic mass is 9.85. The lowest BCUT2D eigenvalue weighted by molar-refractivity contribution is 1.59. The zero-order valence-corrected chi connectivity index (χ0v) is 23.6. The average molecular weight is 560 g/mol. The van der Waals surface area contributed by atoms with Gasteiger partial charge in [-0.15, -0.1) is 0 Å². The van der Waals surface area contributed by atoms with Crippen molar-refractivity contribution < 1.29 is 6.85 Å². The van der Waals surface area contributed by atoms with Crippen LogP contribution in [-0.2, 0) is 0 Å². The van der Waals surface area contributed by atoms with Crippen LogP contribution in [-0.4, -0.2) is 0 Å². The van der Waals surface area contributed by atoms with Crippen LogP contribution in [0.1, 0.15) is 6.85 Å². The van der Waals surface area contributed by atoms with Crippen molar-refractivity contribution >= 4 is 64.6 Å². The van der Waals surface area contributed by atoms with E-state index in [1.165, 1.54) is 43.1 Å². The van der Waals surface area contributed by atoms with Crippen LogP contribution in [0.25, 0.3) is 98.0 Å². The molecule has 0 aliphatic rings. The van der Waals surface area contributed by atoms with Crippen LogP contribution in [0.3, 0.4) is 0 Å². The molecule has 0 unspecified atom stereocenters. The standard InChI is InChI=1S/C44H26/c1-2-6-27(7-3-1)35-22-20-34(36-21-16-32-14-12-28-8-4-10-30-18-24-38(36)43(32)41(28)30)26-40(35)37-23-17-33-15-13-29-9-5-11-31-19-25-39(37)44(33)42(29)31/h1-26H/i1D,2D,3D,6D,7D. The van der Waals surface area contributed by atoms with Crippen molar-refractivity contribution in [2.75, 3.05) is 0 Å². The van der Waals surface area contributed by atoms with E-state index in [-0.39, 0.29) is 29.7 Å². The number of hydrogen-bond acceptors (Lipinski definition) is 0.